The smallest absolute Gasteiger partial charge is 0.224 e. The Balaban J connectivity index is 1.41. The van der Waals surface area contributed by atoms with Crippen molar-refractivity contribution < 1.29 is 14.3 Å². The first kappa shape index (κ1) is 27.2. The number of ether oxygens (including phenoxy) is 2. The number of nitrogens with one attached hydrogen (secondary N) is 1. The van der Waals surface area contributed by atoms with E-state index in [9.17, 15) is 4.79 Å². The van der Waals surface area contributed by atoms with Crippen LogP contribution in [0, 0.1) is 11.8 Å². The summed E-state index contributed by atoms with van der Waals surface area (Å²) in [6, 6.07) is 6.65. The van der Waals surface area contributed by atoms with Crippen LogP contribution >= 0.6 is 0 Å². The van der Waals surface area contributed by atoms with Gasteiger partial charge in [0.1, 0.15) is 0 Å². The van der Waals surface area contributed by atoms with E-state index >= 15 is 0 Å². The fraction of sp³-hybridized carbons (Fsp3) is 0.750. The number of nitrogens with zero attached hydrogens (tertiary/aromatic N) is 4. The van der Waals surface area contributed by atoms with Gasteiger partial charge in [-0.05, 0) is 63.0 Å². The minimum absolute atomic E-state index is 0.0350. The maximum Gasteiger partial charge on any atom is 0.224 e. The minimum atomic E-state index is 0.0350. The maximum absolute atomic E-state index is 13.4. The quantitative estimate of drug-likeness (QED) is 0.526. The molecule has 8 nitrogen and oxygen atoms in total. The summed E-state index contributed by atoms with van der Waals surface area (Å²) in [7, 11) is 5.55. The fourth-order valence-electron chi connectivity index (χ4n) is 6.29. The minimum Gasteiger partial charge on any atom is -0.493 e. The molecule has 1 amide bonds. The lowest BCUT2D eigenvalue weighted by Crippen LogP contribution is -2.52. The second kappa shape index (κ2) is 13.1. The molecule has 0 radical (unpaired) electrons. The van der Waals surface area contributed by atoms with E-state index in [0.29, 0.717) is 12.0 Å². The molecule has 1 aromatic rings. The first-order valence-corrected chi connectivity index (χ1v) is 13.8. The highest BCUT2D eigenvalue weighted by atomic mass is 16.5. The molecule has 0 bridgehead atoms. The standard InChI is InChI=1S/C28H47N5O3/c1-5-33-10-6-7-25(33)17-29-28(34)24-15-23(19-31-13-11-30(2)12-14-31)20-32(21-24)18-22-8-9-26(35-3)27(16-22)36-4/h8-9,16,23-25H,5-7,10-15,17-21H2,1-4H3,(H,29,34)/t23-,24-,25?/m1/s1. The van der Waals surface area contributed by atoms with Crippen molar-refractivity contribution in [1.29, 1.82) is 0 Å². The number of carbonyl (C=O) groups is 1. The van der Waals surface area contributed by atoms with Crippen molar-refractivity contribution in [3.8, 4) is 11.5 Å². The predicted octanol–water partition coefficient (Wildman–Crippen LogP) is 1.99. The van der Waals surface area contributed by atoms with Gasteiger partial charge in [0.05, 0.1) is 20.1 Å². The summed E-state index contributed by atoms with van der Waals surface area (Å²) in [6.45, 7) is 13.4. The molecule has 0 aliphatic carbocycles. The van der Waals surface area contributed by atoms with Gasteiger partial charge in [-0.1, -0.05) is 13.0 Å². The molecule has 8 heteroatoms. The van der Waals surface area contributed by atoms with Crippen LogP contribution in [0.2, 0.25) is 0 Å². The Kier molecular flexibility index (Phi) is 9.87. The number of likely N-dealkylation sites (N-methyl/N-ethyl adjacent to an activating group) is 2. The monoisotopic (exact) mass is 501 g/mol. The second-order valence-electron chi connectivity index (χ2n) is 11.0. The van der Waals surface area contributed by atoms with Crippen LogP contribution in [0.25, 0.3) is 0 Å². The molecule has 0 spiro atoms. The largest absolute Gasteiger partial charge is 0.493 e. The van der Waals surface area contributed by atoms with E-state index in [0.717, 1.165) is 89.9 Å². The summed E-state index contributed by atoms with van der Waals surface area (Å²) in [4.78, 5) is 23.4. The molecule has 0 aromatic heterocycles. The Bertz CT molecular complexity index is 844. The van der Waals surface area contributed by atoms with Crippen LogP contribution in [-0.4, -0.2) is 118 Å². The highest BCUT2D eigenvalue weighted by molar-refractivity contribution is 5.79. The van der Waals surface area contributed by atoms with Gasteiger partial charge in [0.15, 0.2) is 11.5 Å². The molecule has 3 aliphatic rings. The van der Waals surface area contributed by atoms with Crippen molar-refractivity contribution >= 4 is 5.91 Å². The summed E-state index contributed by atoms with van der Waals surface area (Å²) in [5.41, 5.74) is 1.19. The first-order chi connectivity index (χ1) is 17.5. The molecule has 1 aromatic carbocycles. The summed E-state index contributed by atoms with van der Waals surface area (Å²) in [5.74, 6) is 2.27. The van der Waals surface area contributed by atoms with Crippen LogP contribution in [0.15, 0.2) is 18.2 Å². The van der Waals surface area contributed by atoms with Crippen LogP contribution in [0.1, 0.15) is 31.7 Å². The second-order valence-corrected chi connectivity index (χ2v) is 11.0. The van der Waals surface area contributed by atoms with Gasteiger partial charge in [-0.25, -0.2) is 0 Å². The van der Waals surface area contributed by atoms with Crippen LogP contribution in [-0.2, 0) is 11.3 Å². The van der Waals surface area contributed by atoms with E-state index < -0.39 is 0 Å². The Morgan fingerprint density at radius 2 is 1.81 bits per heavy atom. The number of likely N-dealkylation sites (tertiary alicyclic amines) is 2. The number of hydrogen-bond donors (Lipinski definition) is 1. The number of methoxy groups -OCH3 is 2. The zero-order chi connectivity index (χ0) is 25.5. The molecular weight excluding hydrogens is 454 g/mol. The molecule has 4 rings (SSSR count). The third-order valence-electron chi connectivity index (χ3n) is 8.37. The average Bonchev–Trinajstić information content (AvgIpc) is 3.36. The molecule has 3 heterocycles. The van der Waals surface area contributed by atoms with Gasteiger partial charge in [-0.3, -0.25) is 14.6 Å². The number of piperidine rings is 1. The predicted molar refractivity (Wildman–Crippen MR) is 144 cm³/mol. The molecule has 3 atom stereocenters. The number of rotatable bonds is 10. The summed E-state index contributed by atoms with van der Waals surface area (Å²) < 4.78 is 11.0. The summed E-state index contributed by atoms with van der Waals surface area (Å²) in [6.07, 6.45) is 3.41. The Hall–Kier alpha value is -1.87. The lowest BCUT2D eigenvalue weighted by atomic mass is 9.87. The highest BCUT2D eigenvalue weighted by Gasteiger charge is 2.34. The van der Waals surface area contributed by atoms with Crippen molar-refractivity contribution in [2.75, 3.05) is 86.7 Å². The number of carbonyl (C=O) groups excluding carboxylic acids is 1. The lowest BCUT2D eigenvalue weighted by Gasteiger charge is -2.41. The van der Waals surface area contributed by atoms with Crippen molar-refractivity contribution in [3.05, 3.63) is 23.8 Å². The van der Waals surface area contributed by atoms with Gasteiger partial charge in [-0.15, -0.1) is 0 Å². The lowest BCUT2D eigenvalue weighted by molar-refractivity contribution is -0.128. The Morgan fingerprint density at radius 3 is 2.53 bits per heavy atom. The topological polar surface area (TPSA) is 60.5 Å². The number of amides is 1. The van der Waals surface area contributed by atoms with E-state index in [1.807, 2.05) is 6.07 Å². The summed E-state index contributed by atoms with van der Waals surface area (Å²) >= 11 is 0. The van der Waals surface area contributed by atoms with E-state index in [1.54, 1.807) is 14.2 Å². The highest BCUT2D eigenvalue weighted by Crippen LogP contribution is 2.30. The van der Waals surface area contributed by atoms with Crippen molar-refractivity contribution in [2.24, 2.45) is 11.8 Å². The molecule has 36 heavy (non-hydrogen) atoms. The third kappa shape index (κ3) is 7.12. The van der Waals surface area contributed by atoms with E-state index in [2.05, 4.69) is 51.0 Å². The number of hydrogen-bond acceptors (Lipinski definition) is 7. The van der Waals surface area contributed by atoms with Gasteiger partial charge >= 0.3 is 0 Å². The van der Waals surface area contributed by atoms with E-state index in [1.165, 1.54) is 18.4 Å². The zero-order valence-electron chi connectivity index (χ0n) is 22.9. The van der Waals surface area contributed by atoms with Gasteiger partial charge in [0, 0.05) is 64.9 Å². The Labute approximate surface area is 217 Å². The van der Waals surface area contributed by atoms with Crippen molar-refractivity contribution in [2.45, 2.75) is 38.8 Å². The molecule has 1 N–H and O–H groups in total. The van der Waals surface area contributed by atoms with Crippen LogP contribution in [0.4, 0.5) is 0 Å². The SMILES string of the molecule is CCN1CCCC1CNC(=O)[C@@H]1C[C@H](CN2CCN(C)CC2)CN(Cc2ccc(OC)c(OC)c2)C1. The van der Waals surface area contributed by atoms with Crippen molar-refractivity contribution in [3.63, 3.8) is 0 Å². The van der Waals surface area contributed by atoms with Gasteiger partial charge in [-0.2, -0.15) is 0 Å². The van der Waals surface area contributed by atoms with Gasteiger partial charge < -0.3 is 24.6 Å². The third-order valence-corrected chi connectivity index (χ3v) is 8.37. The zero-order valence-corrected chi connectivity index (χ0v) is 22.9. The number of benzene rings is 1. The molecule has 3 aliphatic heterocycles. The number of piperazine rings is 1. The van der Waals surface area contributed by atoms with Gasteiger partial charge in [0.2, 0.25) is 5.91 Å². The fourth-order valence-corrected chi connectivity index (χ4v) is 6.29. The first-order valence-electron chi connectivity index (χ1n) is 13.8. The molecule has 0 saturated carbocycles. The average molecular weight is 502 g/mol. The van der Waals surface area contributed by atoms with E-state index in [-0.39, 0.29) is 11.8 Å². The van der Waals surface area contributed by atoms with Crippen molar-refractivity contribution in [1.82, 2.24) is 24.9 Å². The summed E-state index contributed by atoms with van der Waals surface area (Å²) in [5, 5.41) is 3.34. The van der Waals surface area contributed by atoms with Crippen LogP contribution < -0.4 is 14.8 Å². The van der Waals surface area contributed by atoms with E-state index in [4.69, 9.17) is 9.47 Å². The van der Waals surface area contributed by atoms with Crippen LogP contribution in [0.3, 0.4) is 0 Å². The Morgan fingerprint density at radius 1 is 1.03 bits per heavy atom. The van der Waals surface area contributed by atoms with Crippen LogP contribution in [0.5, 0.6) is 11.5 Å². The molecule has 1 unspecified atom stereocenters. The molecule has 3 fully saturated rings. The van der Waals surface area contributed by atoms with Gasteiger partial charge in [0.25, 0.3) is 0 Å². The maximum atomic E-state index is 13.4. The normalized spacial score (nSPS) is 26.7. The molecular formula is C28H47N5O3. The molecule has 202 valence electrons. The molecule has 3 saturated heterocycles.